The lowest BCUT2D eigenvalue weighted by molar-refractivity contribution is -0.394. The SMILES string of the molecule is CC1CCC(=NOc2cc([N+](=O)[O-])cc([N+](=O)[O-])c2)CC1. The highest BCUT2D eigenvalue weighted by molar-refractivity contribution is 5.84. The molecule has 8 heteroatoms. The molecule has 1 aliphatic rings. The van der Waals surface area contributed by atoms with Crippen LogP contribution in [0.15, 0.2) is 23.4 Å². The molecule has 1 aromatic rings. The molecule has 0 aliphatic heterocycles. The summed E-state index contributed by atoms with van der Waals surface area (Å²) in [6.07, 6.45) is 3.69. The zero-order chi connectivity index (χ0) is 15.4. The molecule has 1 aromatic carbocycles. The lowest BCUT2D eigenvalue weighted by atomic mass is 9.90. The van der Waals surface area contributed by atoms with Crippen molar-refractivity contribution in [1.29, 1.82) is 0 Å². The van der Waals surface area contributed by atoms with E-state index in [-0.39, 0.29) is 5.75 Å². The van der Waals surface area contributed by atoms with Crippen LogP contribution in [0.2, 0.25) is 0 Å². The average molecular weight is 293 g/mol. The number of non-ortho nitro benzene ring substituents is 2. The van der Waals surface area contributed by atoms with Crippen LogP contribution in [0.5, 0.6) is 5.75 Å². The largest absolute Gasteiger partial charge is 0.357 e. The fourth-order valence-corrected chi connectivity index (χ4v) is 2.14. The monoisotopic (exact) mass is 293 g/mol. The van der Waals surface area contributed by atoms with Crippen molar-refractivity contribution in [2.24, 2.45) is 11.1 Å². The van der Waals surface area contributed by atoms with Gasteiger partial charge in [-0.1, -0.05) is 12.1 Å². The Morgan fingerprint density at radius 1 is 1.10 bits per heavy atom. The Bertz CT molecular complexity index is 557. The highest BCUT2D eigenvalue weighted by atomic mass is 16.6. The van der Waals surface area contributed by atoms with E-state index < -0.39 is 21.2 Å². The van der Waals surface area contributed by atoms with Crippen molar-refractivity contribution in [3.63, 3.8) is 0 Å². The zero-order valence-electron chi connectivity index (χ0n) is 11.5. The summed E-state index contributed by atoms with van der Waals surface area (Å²) in [6.45, 7) is 2.17. The third-order valence-electron chi connectivity index (χ3n) is 3.43. The van der Waals surface area contributed by atoms with Gasteiger partial charge in [0.25, 0.3) is 11.4 Å². The molecule has 0 unspecified atom stereocenters. The van der Waals surface area contributed by atoms with Gasteiger partial charge < -0.3 is 4.84 Å². The Balaban J connectivity index is 2.17. The minimum atomic E-state index is -0.699. The summed E-state index contributed by atoms with van der Waals surface area (Å²) in [5, 5.41) is 25.5. The van der Waals surface area contributed by atoms with Crippen molar-refractivity contribution in [3.8, 4) is 5.75 Å². The summed E-state index contributed by atoms with van der Waals surface area (Å²) >= 11 is 0. The average Bonchev–Trinajstić information content (AvgIpc) is 2.46. The van der Waals surface area contributed by atoms with Crippen molar-refractivity contribution >= 4 is 17.1 Å². The van der Waals surface area contributed by atoms with E-state index in [1.807, 2.05) is 0 Å². The van der Waals surface area contributed by atoms with Gasteiger partial charge in [0.05, 0.1) is 33.8 Å². The van der Waals surface area contributed by atoms with Crippen molar-refractivity contribution in [1.82, 2.24) is 0 Å². The lowest BCUT2D eigenvalue weighted by Crippen LogP contribution is -2.12. The molecule has 8 nitrogen and oxygen atoms in total. The second kappa shape index (κ2) is 6.29. The predicted molar refractivity (Wildman–Crippen MR) is 75.4 cm³/mol. The van der Waals surface area contributed by atoms with Gasteiger partial charge in [0.15, 0.2) is 5.75 Å². The van der Waals surface area contributed by atoms with E-state index in [1.165, 1.54) is 0 Å². The molecule has 0 spiro atoms. The molecule has 2 rings (SSSR count). The molecule has 0 aromatic heterocycles. The number of nitro benzene ring substituents is 2. The third-order valence-corrected chi connectivity index (χ3v) is 3.43. The quantitative estimate of drug-likeness (QED) is 0.624. The number of oxime groups is 1. The summed E-state index contributed by atoms with van der Waals surface area (Å²) < 4.78 is 0. The van der Waals surface area contributed by atoms with Crippen LogP contribution < -0.4 is 4.84 Å². The molecule has 1 fully saturated rings. The Labute approximate surface area is 120 Å². The normalized spacial score (nSPS) is 18.1. The first-order valence-electron chi connectivity index (χ1n) is 6.62. The van der Waals surface area contributed by atoms with Gasteiger partial charge in [0.2, 0.25) is 0 Å². The summed E-state index contributed by atoms with van der Waals surface area (Å²) in [7, 11) is 0. The van der Waals surface area contributed by atoms with E-state index in [4.69, 9.17) is 4.84 Å². The second-order valence-corrected chi connectivity index (χ2v) is 5.13. The van der Waals surface area contributed by atoms with Crippen molar-refractivity contribution in [2.45, 2.75) is 32.6 Å². The standard InChI is InChI=1S/C13H15N3O5/c1-9-2-4-10(5-3-9)14-21-13-7-11(15(17)18)6-12(8-13)16(19)20/h6-9H,2-5H2,1H3. The molecule has 1 saturated carbocycles. The van der Waals surface area contributed by atoms with E-state index in [0.29, 0.717) is 5.92 Å². The van der Waals surface area contributed by atoms with E-state index in [9.17, 15) is 20.2 Å². The zero-order valence-corrected chi connectivity index (χ0v) is 11.5. The first kappa shape index (κ1) is 14.9. The van der Waals surface area contributed by atoms with E-state index in [1.54, 1.807) is 0 Å². The maximum Gasteiger partial charge on any atom is 0.280 e. The first-order valence-corrected chi connectivity index (χ1v) is 6.62. The van der Waals surface area contributed by atoms with Gasteiger partial charge in [-0.3, -0.25) is 20.2 Å². The first-order chi connectivity index (χ1) is 9.95. The van der Waals surface area contributed by atoms with Crippen LogP contribution in [-0.4, -0.2) is 15.6 Å². The molecule has 0 bridgehead atoms. The van der Waals surface area contributed by atoms with Gasteiger partial charge in [0, 0.05) is 0 Å². The van der Waals surface area contributed by atoms with Crippen LogP contribution in [0.1, 0.15) is 32.6 Å². The number of rotatable bonds is 4. The topological polar surface area (TPSA) is 108 Å². The van der Waals surface area contributed by atoms with Crippen LogP contribution in [0.4, 0.5) is 11.4 Å². The van der Waals surface area contributed by atoms with Gasteiger partial charge in [0.1, 0.15) is 0 Å². The Morgan fingerprint density at radius 3 is 2.10 bits per heavy atom. The Kier molecular flexibility index (Phi) is 4.46. The summed E-state index contributed by atoms with van der Waals surface area (Å²) in [4.78, 5) is 25.3. The minimum Gasteiger partial charge on any atom is -0.357 e. The van der Waals surface area contributed by atoms with Crippen LogP contribution in [0.25, 0.3) is 0 Å². The fourth-order valence-electron chi connectivity index (χ4n) is 2.14. The van der Waals surface area contributed by atoms with E-state index >= 15 is 0 Å². The Morgan fingerprint density at radius 2 is 1.62 bits per heavy atom. The molecule has 0 amide bonds. The smallest absolute Gasteiger partial charge is 0.280 e. The van der Waals surface area contributed by atoms with Crippen LogP contribution in [0.3, 0.4) is 0 Å². The number of benzene rings is 1. The highest BCUT2D eigenvalue weighted by Crippen LogP contribution is 2.28. The fraction of sp³-hybridized carbons (Fsp3) is 0.462. The molecule has 21 heavy (non-hydrogen) atoms. The maximum atomic E-state index is 10.8. The van der Waals surface area contributed by atoms with E-state index in [2.05, 4.69) is 12.1 Å². The van der Waals surface area contributed by atoms with Crippen molar-refractivity contribution in [3.05, 3.63) is 38.4 Å². The molecule has 0 heterocycles. The molecule has 0 atom stereocenters. The van der Waals surface area contributed by atoms with Crippen LogP contribution >= 0.6 is 0 Å². The molecule has 0 saturated heterocycles. The summed E-state index contributed by atoms with van der Waals surface area (Å²) in [6, 6.07) is 3.15. The Hall–Kier alpha value is -2.51. The molecule has 1 aliphatic carbocycles. The highest BCUT2D eigenvalue weighted by Gasteiger charge is 2.18. The summed E-state index contributed by atoms with van der Waals surface area (Å²) in [5.74, 6) is 0.657. The van der Waals surface area contributed by atoms with E-state index in [0.717, 1.165) is 49.6 Å². The third kappa shape index (κ3) is 3.98. The molecular weight excluding hydrogens is 278 g/mol. The maximum absolute atomic E-state index is 10.8. The van der Waals surface area contributed by atoms with Crippen molar-refractivity contribution < 1.29 is 14.7 Å². The molecule has 112 valence electrons. The van der Waals surface area contributed by atoms with Gasteiger partial charge in [-0.2, -0.15) is 0 Å². The number of hydrogen-bond donors (Lipinski definition) is 0. The van der Waals surface area contributed by atoms with Gasteiger partial charge >= 0.3 is 0 Å². The van der Waals surface area contributed by atoms with Gasteiger partial charge in [-0.05, 0) is 31.6 Å². The molecule has 0 N–H and O–H groups in total. The molecule has 0 radical (unpaired) electrons. The van der Waals surface area contributed by atoms with Crippen LogP contribution in [-0.2, 0) is 0 Å². The molecular formula is C13H15N3O5. The lowest BCUT2D eigenvalue weighted by Gasteiger charge is -2.18. The van der Waals surface area contributed by atoms with Gasteiger partial charge in [-0.25, -0.2) is 0 Å². The van der Waals surface area contributed by atoms with Gasteiger partial charge in [-0.15, -0.1) is 0 Å². The number of nitrogens with zero attached hydrogens (tertiary/aromatic N) is 3. The second-order valence-electron chi connectivity index (χ2n) is 5.13. The van der Waals surface area contributed by atoms with Crippen LogP contribution in [0, 0.1) is 26.1 Å². The predicted octanol–water partition coefficient (Wildman–Crippen LogP) is 3.45. The minimum absolute atomic E-state index is 0.00187. The summed E-state index contributed by atoms with van der Waals surface area (Å²) in [5.41, 5.74) is 0.0931. The number of nitro groups is 2. The number of hydrogen-bond acceptors (Lipinski definition) is 6. The van der Waals surface area contributed by atoms with Crippen molar-refractivity contribution in [2.75, 3.05) is 0 Å².